The van der Waals surface area contributed by atoms with Gasteiger partial charge in [0, 0.05) is 44.8 Å². The zero-order valence-corrected chi connectivity index (χ0v) is 19.0. The number of rotatable bonds is 12. The maximum absolute atomic E-state index is 12.0. The van der Waals surface area contributed by atoms with E-state index in [9.17, 15) is 4.79 Å². The molecule has 1 amide bonds. The van der Waals surface area contributed by atoms with Crippen LogP contribution in [0.15, 0.2) is 23.2 Å². The summed E-state index contributed by atoms with van der Waals surface area (Å²) in [5.41, 5.74) is 2.20. The summed E-state index contributed by atoms with van der Waals surface area (Å²) in [6.45, 7) is 10.3. The molecule has 1 atom stereocenters. The molecule has 2 rings (SSSR count). The third-order valence-electron chi connectivity index (χ3n) is 5.31. The van der Waals surface area contributed by atoms with Crippen molar-refractivity contribution in [1.82, 2.24) is 15.5 Å². The molecule has 1 saturated heterocycles. The number of benzene rings is 1. The van der Waals surface area contributed by atoms with Gasteiger partial charge in [-0.3, -0.25) is 4.79 Å². The topological polar surface area (TPSA) is 75.2 Å². The molecule has 0 bridgehead atoms. The average Bonchev–Trinajstić information content (AvgIpc) is 3.16. The Hall–Kier alpha value is -2.28. The number of hydrogen-bond donors (Lipinski definition) is 2. The van der Waals surface area contributed by atoms with Crippen LogP contribution in [0, 0.1) is 6.92 Å². The second-order valence-electron chi connectivity index (χ2n) is 7.62. The zero-order valence-electron chi connectivity index (χ0n) is 19.0. The first-order valence-corrected chi connectivity index (χ1v) is 11.1. The number of likely N-dealkylation sites (tertiary alicyclic amines) is 1. The first kappa shape index (κ1) is 24.0. The minimum atomic E-state index is 0.294. The van der Waals surface area contributed by atoms with Gasteiger partial charge in [0.25, 0.3) is 0 Å². The number of amides is 1. The third kappa shape index (κ3) is 7.52. The minimum absolute atomic E-state index is 0.294. The molecule has 1 aliphatic heterocycles. The van der Waals surface area contributed by atoms with E-state index in [0.29, 0.717) is 38.1 Å². The largest absolute Gasteiger partial charge is 0.491 e. The second-order valence-corrected chi connectivity index (χ2v) is 7.62. The number of carbonyl (C=O) groups is 1. The highest BCUT2D eigenvalue weighted by Gasteiger charge is 2.26. The molecular weight excluding hydrogens is 380 g/mol. The van der Waals surface area contributed by atoms with E-state index in [1.54, 1.807) is 7.11 Å². The first-order valence-electron chi connectivity index (χ1n) is 11.1. The van der Waals surface area contributed by atoms with Gasteiger partial charge in [-0.15, -0.1) is 0 Å². The molecule has 0 spiro atoms. The van der Waals surface area contributed by atoms with Crippen LogP contribution in [0.3, 0.4) is 0 Å². The van der Waals surface area contributed by atoms with Crippen molar-refractivity contribution < 1.29 is 14.3 Å². The molecule has 1 heterocycles. The van der Waals surface area contributed by atoms with E-state index < -0.39 is 0 Å². The van der Waals surface area contributed by atoms with Crippen LogP contribution in [-0.4, -0.2) is 62.8 Å². The SMILES string of the molecule is CCNC(=NCc1ccc(C)cc1OCCOC)NCCC(CC)N1CCCC1=O. The molecule has 0 saturated carbocycles. The van der Waals surface area contributed by atoms with Crippen molar-refractivity contribution in [2.75, 3.05) is 40.0 Å². The van der Waals surface area contributed by atoms with Gasteiger partial charge in [0.05, 0.1) is 13.2 Å². The van der Waals surface area contributed by atoms with Crippen LogP contribution in [0.4, 0.5) is 0 Å². The van der Waals surface area contributed by atoms with E-state index >= 15 is 0 Å². The lowest BCUT2D eigenvalue weighted by molar-refractivity contribution is -0.129. The number of ether oxygens (including phenoxy) is 2. The van der Waals surface area contributed by atoms with E-state index in [2.05, 4.69) is 43.5 Å². The van der Waals surface area contributed by atoms with Gasteiger partial charge in [-0.2, -0.15) is 0 Å². The number of nitrogens with zero attached hydrogens (tertiary/aromatic N) is 2. The van der Waals surface area contributed by atoms with Crippen molar-refractivity contribution in [1.29, 1.82) is 0 Å². The van der Waals surface area contributed by atoms with Crippen molar-refractivity contribution in [2.45, 2.75) is 59.0 Å². The molecule has 30 heavy (non-hydrogen) atoms. The van der Waals surface area contributed by atoms with Gasteiger partial charge >= 0.3 is 0 Å². The number of methoxy groups -OCH3 is 1. The summed E-state index contributed by atoms with van der Waals surface area (Å²) in [5.74, 6) is 1.93. The highest BCUT2D eigenvalue weighted by Crippen LogP contribution is 2.21. The van der Waals surface area contributed by atoms with Crippen LogP contribution < -0.4 is 15.4 Å². The molecule has 0 radical (unpaired) electrons. The molecule has 7 nitrogen and oxygen atoms in total. The molecule has 1 aromatic carbocycles. The Morgan fingerprint density at radius 2 is 2.10 bits per heavy atom. The van der Waals surface area contributed by atoms with Crippen LogP contribution in [0.2, 0.25) is 0 Å². The number of guanidine groups is 1. The summed E-state index contributed by atoms with van der Waals surface area (Å²) in [6.07, 6.45) is 3.58. The number of carbonyl (C=O) groups excluding carboxylic acids is 1. The van der Waals surface area contributed by atoms with Crippen LogP contribution in [-0.2, 0) is 16.1 Å². The average molecular weight is 419 g/mol. The van der Waals surface area contributed by atoms with Crippen LogP contribution in [0.1, 0.15) is 50.7 Å². The Kier molecular flexibility index (Phi) is 10.5. The Morgan fingerprint density at radius 3 is 2.77 bits per heavy atom. The molecule has 1 aliphatic rings. The van der Waals surface area contributed by atoms with Crippen molar-refractivity contribution in [3.63, 3.8) is 0 Å². The van der Waals surface area contributed by atoms with E-state index in [-0.39, 0.29) is 0 Å². The van der Waals surface area contributed by atoms with Gasteiger partial charge < -0.3 is 25.0 Å². The van der Waals surface area contributed by atoms with Gasteiger partial charge in [0.2, 0.25) is 5.91 Å². The first-order chi connectivity index (χ1) is 14.6. The predicted molar refractivity (Wildman–Crippen MR) is 121 cm³/mol. The molecule has 1 unspecified atom stereocenters. The summed E-state index contributed by atoms with van der Waals surface area (Å²) in [4.78, 5) is 18.8. The Morgan fingerprint density at radius 1 is 1.27 bits per heavy atom. The molecule has 2 N–H and O–H groups in total. The van der Waals surface area contributed by atoms with Gasteiger partial charge in [-0.05, 0) is 44.7 Å². The van der Waals surface area contributed by atoms with E-state index in [4.69, 9.17) is 14.5 Å². The lowest BCUT2D eigenvalue weighted by atomic mass is 10.1. The van der Waals surface area contributed by atoms with Crippen molar-refractivity contribution >= 4 is 11.9 Å². The van der Waals surface area contributed by atoms with E-state index in [1.165, 1.54) is 0 Å². The zero-order chi connectivity index (χ0) is 21.8. The quantitative estimate of drug-likeness (QED) is 0.310. The molecule has 7 heteroatoms. The monoisotopic (exact) mass is 418 g/mol. The minimum Gasteiger partial charge on any atom is -0.491 e. The van der Waals surface area contributed by atoms with Gasteiger partial charge in [0.1, 0.15) is 12.4 Å². The summed E-state index contributed by atoms with van der Waals surface area (Å²) < 4.78 is 11.0. The molecule has 1 fully saturated rings. The van der Waals surface area contributed by atoms with Crippen molar-refractivity contribution in [3.05, 3.63) is 29.3 Å². The Labute approximate surface area is 181 Å². The lowest BCUT2D eigenvalue weighted by Gasteiger charge is -2.27. The van der Waals surface area contributed by atoms with E-state index in [1.807, 2.05) is 11.0 Å². The molecule has 0 aromatic heterocycles. The Bertz CT molecular complexity index is 693. The summed E-state index contributed by atoms with van der Waals surface area (Å²) in [7, 11) is 1.67. The maximum atomic E-state index is 12.0. The van der Waals surface area contributed by atoms with Gasteiger partial charge in [0.15, 0.2) is 5.96 Å². The summed E-state index contributed by atoms with van der Waals surface area (Å²) in [5, 5.41) is 6.72. The summed E-state index contributed by atoms with van der Waals surface area (Å²) >= 11 is 0. The number of hydrogen-bond acceptors (Lipinski definition) is 4. The van der Waals surface area contributed by atoms with E-state index in [0.717, 1.165) is 61.7 Å². The number of nitrogens with one attached hydrogen (secondary N) is 2. The molecule has 0 aliphatic carbocycles. The van der Waals surface area contributed by atoms with Gasteiger partial charge in [-0.1, -0.05) is 19.1 Å². The number of aryl methyl sites for hydroxylation is 1. The lowest BCUT2D eigenvalue weighted by Crippen LogP contribution is -2.42. The Balaban J connectivity index is 1.94. The highest BCUT2D eigenvalue weighted by molar-refractivity contribution is 5.80. The van der Waals surface area contributed by atoms with Gasteiger partial charge in [-0.25, -0.2) is 4.99 Å². The third-order valence-corrected chi connectivity index (χ3v) is 5.31. The predicted octanol–water partition coefficient (Wildman–Crippen LogP) is 2.87. The standard InChI is InChI=1S/C23H38N4O3/c1-5-20(27-13-7-8-22(27)28)11-12-25-23(24-6-2)26-17-19-10-9-18(3)16-21(19)30-15-14-29-4/h9-10,16,20H,5-8,11-15,17H2,1-4H3,(H2,24,25,26). The maximum Gasteiger partial charge on any atom is 0.222 e. The van der Waals surface area contributed by atoms with Crippen LogP contribution in [0.25, 0.3) is 0 Å². The molecular formula is C23H38N4O3. The molecule has 1 aromatic rings. The van der Waals surface area contributed by atoms with Crippen molar-refractivity contribution in [3.8, 4) is 5.75 Å². The van der Waals surface area contributed by atoms with Crippen molar-refractivity contribution in [2.24, 2.45) is 4.99 Å². The fraction of sp³-hybridized carbons (Fsp3) is 0.652. The van der Waals surface area contributed by atoms with Crippen LogP contribution >= 0.6 is 0 Å². The number of aliphatic imine (C=N–C) groups is 1. The fourth-order valence-electron chi connectivity index (χ4n) is 3.66. The smallest absolute Gasteiger partial charge is 0.222 e. The summed E-state index contributed by atoms with van der Waals surface area (Å²) in [6, 6.07) is 6.48. The second kappa shape index (κ2) is 13.1. The normalized spacial score (nSPS) is 15.4. The molecule has 168 valence electrons. The highest BCUT2D eigenvalue weighted by atomic mass is 16.5. The van der Waals surface area contributed by atoms with Crippen LogP contribution in [0.5, 0.6) is 5.75 Å². The fourth-order valence-corrected chi connectivity index (χ4v) is 3.66.